The number of ether oxygens (including phenoxy) is 2. The first-order chi connectivity index (χ1) is 11.2. The van der Waals surface area contributed by atoms with Crippen molar-refractivity contribution in [2.75, 3.05) is 20.3 Å². The molecule has 0 spiro atoms. The smallest absolute Gasteiger partial charge is 0.198 e. The molecule has 1 aliphatic rings. The quantitative estimate of drug-likeness (QED) is 0.509. The summed E-state index contributed by atoms with van der Waals surface area (Å²) in [6.07, 6.45) is 2.30. The van der Waals surface area contributed by atoms with Crippen LogP contribution in [-0.4, -0.2) is 47.6 Å². The van der Waals surface area contributed by atoms with E-state index in [0.717, 1.165) is 0 Å². The molecule has 1 aromatic heterocycles. The fourth-order valence-corrected chi connectivity index (χ4v) is 2.07. The number of halogens is 1. The van der Waals surface area contributed by atoms with Crippen LogP contribution in [-0.2, 0) is 11.3 Å². The van der Waals surface area contributed by atoms with E-state index < -0.39 is 6.23 Å². The number of rotatable bonds is 6. The summed E-state index contributed by atoms with van der Waals surface area (Å²) in [6, 6.07) is 3.43. The van der Waals surface area contributed by atoms with Crippen LogP contribution in [0.25, 0.3) is 0 Å². The fourth-order valence-electron chi connectivity index (χ4n) is 1.88. The van der Waals surface area contributed by atoms with Crippen molar-refractivity contribution in [1.29, 1.82) is 0 Å². The van der Waals surface area contributed by atoms with Crippen LogP contribution in [0, 0.1) is 0 Å². The highest BCUT2D eigenvalue weighted by atomic mass is 35.5. The molecule has 0 aliphatic carbocycles. The minimum atomic E-state index is -0.607. The zero-order chi connectivity index (χ0) is 16.7. The van der Waals surface area contributed by atoms with Gasteiger partial charge in [-0.15, -0.1) is 0 Å². The Morgan fingerprint density at radius 3 is 2.96 bits per heavy atom. The molecular formula is C14H18ClN5O3. The van der Waals surface area contributed by atoms with E-state index in [4.69, 9.17) is 31.9 Å². The number of aliphatic imine (C=N–C) groups is 2. The van der Waals surface area contributed by atoms with E-state index in [-0.39, 0.29) is 11.9 Å². The number of amidine groups is 1. The highest BCUT2D eigenvalue weighted by Gasteiger charge is 2.24. The molecule has 0 aromatic carbocycles. The SMILES string of the molecule is COC1N=C(Cl)N/C(=C/N)C1=NCCOc1ccc(CO)nc1. The summed E-state index contributed by atoms with van der Waals surface area (Å²) in [5.41, 5.74) is 7.25. The zero-order valence-electron chi connectivity index (χ0n) is 12.6. The molecule has 2 rings (SSSR count). The maximum atomic E-state index is 8.93. The third-order valence-corrected chi connectivity index (χ3v) is 3.16. The van der Waals surface area contributed by atoms with Crippen molar-refractivity contribution in [1.82, 2.24) is 10.3 Å². The first kappa shape index (κ1) is 17.2. The number of hydrogen-bond donors (Lipinski definition) is 3. The van der Waals surface area contributed by atoms with Gasteiger partial charge in [0, 0.05) is 13.3 Å². The van der Waals surface area contributed by atoms with Crippen LogP contribution in [0.4, 0.5) is 0 Å². The van der Waals surface area contributed by atoms with Gasteiger partial charge < -0.3 is 25.6 Å². The number of methoxy groups -OCH3 is 1. The van der Waals surface area contributed by atoms with Gasteiger partial charge in [0.25, 0.3) is 0 Å². The minimum Gasteiger partial charge on any atom is -0.490 e. The Bertz CT molecular complexity index is 615. The van der Waals surface area contributed by atoms with E-state index in [0.29, 0.717) is 36.0 Å². The number of aromatic nitrogens is 1. The van der Waals surface area contributed by atoms with Crippen LogP contribution in [0.2, 0.25) is 0 Å². The van der Waals surface area contributed by atoms with Gasteiger partial charge >= 0.3 is 0 Å². The van der Waals surface area contributed by atoms with Gasteiger partial charge in [0.05, 0.1) is 30.7 Å². The summed E-state index contributed by atoms with van der Waals surface area (Å²) in [5, 5.41) is 11.9. The number of nitrogens with one attached hydrogen (secondary N) is 1. The number of nitrogens with zero attached hydrogens (tertiary/aromatic N) is 3. The number of aliphatic hydroxyl groups excluding tert-OH is 1. The lowest BCUT2D eigenvalue weighted by atomic mass is 10.2. The maximum absolute atomic E-state index is 8.93. The van der Waals surface area contributed by atoms with Gasteiger partial charge in [-0.3, -0.25) is 9.98 Å². The van der Waals surface area contributed by atoms with Crippen LogP contribution in [0.15, 0.2) is 40.2 Å². The van der Waals surface area contributed by atoms with Crippen molar-refractivity contribution in [3.05, 3.63) is 35.9 Å². The third kappa shape index (κ3) is 4.65. The molecule has 0 saturated heterocycles. The molecule has 9 heteroatoms. The Kier molecular flexibility index (Phi) is 6.33. The number of nitrogens with two attached hydrogens (primary N) is 1. The van der Waals surface area contributed by atoms with Crippen LogP contribution in [0.1, 0.15) is 5.69 Å². The van der Waals surface area contributed by atoms with E-state index in [1.165, 1.54) is 13.3 Å². The normalized spacial score (nSPS) is 21.2. The van der Waals surface area contributed by atoms with Crippen LogP contribution >= 0.6 is 11.6 Å². The van der Waals surface area contributed by atoms with Gasteiger partial charge in [-0.05, 0) is 23.7 Å². The van der Waals surface area contributed by atoms with Crippen molar-refractivity contribution >= 4 is 22.6 Å². The van der Waals surface area contributed by atoms with Crippen molar-refractivity contribution < 1.29 is 14.6 Å². The lowest BCUT2D eigenvalue weighted by molar-refractivity contribution is 0.161. The Morgan fingerprint density at radius 1 is 1.52 bits per heavy atom. The van der Waals surface area contributed by atoms with Gasteiger partial charge in [-0.1, -0.05) is 0 Å². The average molecular weight is 340 g/mol. The largest absolute Gasteiger partial charge is 0.490 e. The summed E-state index contributed by atoms with van der Waals surface area (Å²) >= 11 is 5.85. The topological polar surface area (TPSA) is 114 Å². The molecule has 1 aromatic rings. The first-order valence-corrected chi connectivity index (χ1v) is 7.24. The van der Waals surface area contributed by atoms with E-state index in [1.54, 1.807) is 18.3 Å². The van der Waals surface area contributed by atoms with Crippen LogP contribution < -0.4 is 15.8 Å². The van der Waals surface area contributed by atoms with Gasteiger partial charge in [0.1, 0.15) is 18.1 Å². The minimum absolute atomic E-state index is 0.101. The molecular weight excluding hydrogens is 322 g/mol. The Balaban J connectivity index is 1.95. The molecule has 0 saturated carbocycles. The van der Waals surface area contributed by atoms with Crippen molar-refractivity contribution in [2.45, 2.75) is 12.8 Å². The Morgan fingerprint density at radius 2 is 2.35 bits per heavy atom. The summed E-state index contributed by atoms with van der Waals surface area (Å²) < 4.78 is 10.8. The van der Waals surface area contributed by atoms with Crippen molar-refractivity contribution in [2.24, 2.45) is 15.7 Å². The summed E-state index contributed by atoms with van der Waals surface area (Å²) in [4.78, 5) is 12.5. The van der Waals surface area contributed by atoms with E-state index >= 15 is 0 Å². The van der Waals surface area contributed by atoms with Gasteiger partial charge in [0.2, 0.25) is 0 Å². The second-order valence-corrected chi connectivity index (χ2v) is 4.83. The van der Waals surface area contributed by atoms with Crippen molar-refractivity contribution in [3.8, 4) is 5.75 Å². The maximum Gasteiger partial charge on any atom is 0.198 e. The molecule has 1 atom stereocenters. The first-order valence-electron chi connectivity index (χ1n) is 6.86. The fraction of sp³-hybridized carbons (Fsp3) is 0.357. The van der Waals surface area contributed by atoms with Crippen LogP contribution in [0.3, 0.4) is 0 Å². The molecule has 0 fully saturated rings. The van der Waals surface area contributed by atoms with E-state index in [1.807, 2.05) is 0 Å². The average Bonchev–Trinajstić information content (AvgIpc) is 2.59. The molecule has 0 bridgehead atoms. The standard InChI is InChI=1S/C14H18ClN5O3/c1-22-13-12(11(6-16)19-14(15)20-13)17-4-5-23-10-3-2-9(8-21)18-7-10/h2-3,6-7,13,21H,4-5,8,16H2,1H3,(H,19,20)/b11-6+,17-12?. The lowest BCUT2D eigenvalue weighted by Gasteiger charge is -2.22. The van der Waals surface area contributed by atoms with Crippen molar-refractivity contribution in [3.63, 3.8) is 0 Å². The highest BCUT2D eigenvalue weighted by Crippen LogP contribution is 2.12. The number of aliphatic hydroxyl groups is 1. The molecule has 2 heterocycles. The molecule has 1 aliphatic heterocycles. The van der Waals surface area contributed by atoms with E-state index in [9.17, 15) is 0 Å². The monoisotopic (exact) mass is 339 g/mol. The molecule has 124 valence electrons. The summed E-state index contributed by atoms with van der Waals surface area (Å²) in [5.74, 6) is 0.600. The summed E-state index contributed by atoms with van der Waals surface area (Å²) in [6.45, 7) is 0.620. The Hall–Kier alpha value is -2.16. The second-order valence-electron chi connectivity index (χ2n) is 4.47. The molecule has 23 heavy (non-hydrogen) atoms. The Labute approximate surface area is 138 Å². The molecule has 0 radical (unpaired) electrons. The number of pyridine rings is 1. The third-order valence-electron chi connectivity index (χ3n) is 2.97. The predicted octanol–water partition coefficient (Wildman–Crippen LogP) is 0.364. The van der Waals surface area contributed by atoms with Gasteiger partial charge in [-0.25, -0.2) is 4.99 Å². The molecule has 1 unspecified atom stereocenters. The summed E-state index contributed by atoms with van der Waals surface area (Å²) in [7, 11) is 1.51. The molecule has 4 N–H and O–H groups in total. The molecule has 8 nitrogen and oxygen atoms in total. The highest BCUT2D eigenvalue weighted by molar-refractivity contribution is 6.65. The second kappa shape index (κ2) is 8.47. The van der Waals surface area contributed by atoms with E-state index in [2.05, 4.69) is 20.3 Å². The van der Waals surface area contributed by atoms with Gasteiger partial charge in [0.15, 0.2) is 11.5 Å². The molecule has 0 amide bonds. The lowest BCUT2D eigenvalue weighted by Crippen LogP contribution is -2.39. The number of hydrogen-bond acceptors (Lipinski definition) is 8. The predicted molar refractivity (Wildman–Crippen MR) is 87.4 cm³/mol. The van der Waals surface area contributed by atoms with Gasteiger partial charge in [-0.2, -0.15) is 0 Å². The zero-order valence-corrected chi connectivity index (χ0v) is 13.3. The van der Waals surface area contributed by atoms with Crippen LogP contribution in [0.5, 0.6) is 5.75 Å².